The summed E-state index contributed by atoms with van der Waals surface area (Å²) in [7, 11) is 0. The normalized spacial score (nSPS) is 11.8. The molecule has 0 amide bonds. The van der Waals surface area contributed by atoms with Crippen LogP contribution < -0.4 is 4.74 Å². The average Bonchev–Trinajstić information content (AvgIpc) is 2.75. The standard InChI is InChI=1S/C25H32O4/c1-3-5-10-20-14-16-21(17-15-20)25(27)29-24-13-7-6-12-23(24)22(19-28-4-2)11-8-9-18-26/h6-7,12-18,22H,3-5,8-11,19H2,1-2H3. The fourth-order valence-electron chi connectivity index (χ4n) is 3.29. The highest BCUT2D eigenvalue weighted by atomic mass is 16.5. The molecule has 0 heterocycles. The number of esters is 1. The van der Waals surface area contributed by atoms with Gasteiger partial charge in [-0.15, -0.1) is 0 Å². The van der Waals surface area contributed by atoms with Gasteiger partial charge in [-0.3, -0.25) is 0 Å². The zero-order valence-electron chi connectivity index (χ0n) is 17.6. The summed E-state index contributed by atoms with van der Waals surface area (Å²) in [6.45, 7) is 5.28. The second-order valence-electron chi connectivity index (χ2n) is 7.18. The van der Waals surface area contributed by atoms with Gasteiger partial charge in [-0.1, -0.05) is 43.7 Å². The van der Waals surface area contributed by atoms with Gasteiger partial charge in [0.05, 0.1) is 12.2 Å². The molecule has 2 aromatic carbocycles. The summed E-state index contributed by atoms with van der Waals surface area (Å²) in [5.74, 6) is 0.279. The SMILES string of the molecule is CCCCc1ccc(C(=O)Oc2ccccc2C(CCCC=O)COCC)cc1. The van der Waals surface area contributed by atoms with Crippen LogP contribution in [-0.2, 0) is 16.0 Å². The van der Waals surface area contributed by atoms with Gasteiger partial charge in [-0.05, 0) is 56.4 Å². The van der Waals surface area contributed by atoms with Gasteiger partial charge in [-0.2, -0.15) is 0 Å². The number of para-hydroxylation sites is 1. The number of unbranched alkanes of at least 4 members (excludes halogenated alkanes) is 2. The van der Waals surface area contributed by atoms with Crippen molar-refractivity contribution in [1.82, 2.24) is 0 Å². The minimum Gasteiger partial charge on any atom is -0.423 e. The Morgan fingerprint density at radius 2 is 1.79 bits per heavy atom. The second-order valence-corrected chi connectivity index (χ2v) is 7.18. The van der Waals surface area contributed by atoms with Crippen LogP contribution in [-0.4, -0.2) is 25.5 Å². The van der Waals surface area contributed by atoms with Crippen molar-refractivity contribution < 1.29 is 19.1 Å². The molecule has 4 heteroatoms. The molecule has 0 aromatic heterocycles. The lowest BCUT2D eigenvalue weighted by atomic mass is 9.93. The molecule has 0 fully saturated rings. The molecular weight excluding hydrogens is 364 g/mol. The van der Waals surface area contributed by atoms with Crippen molar-refractivity contribution >= 4 is 12.3 Å². The van der Waals surface area contributed by atoms with E-state index in [1.54, 1.807) is 0 Å². The van der Waals surface area contributed by atoms with Gasteiger partial charge in [0, 0.05) is 24.5 Å². The lowest BCUT2D eigenvalue weighted by molar-refractivity contribution is -0.108. The van der Waals surface area contributed by atoms with Crippen LogP contribution in [0.4, 0.5) is 0 Å². The highest BCUT2D eigenvalue weighted by molar-refractivity contribution is 5.91. The average molecular weight is 397 g/mol. The Morgan fingerprint density at radius 1 is 1.03 bits per heavy atom. The van der Waals surface area contributed by atoms with E-state index < -0.39 is 0 Å². The van der Waals surface area contributed by atoms with E-state index in [4.69, 9.17) is 9.47 Å². The van der Waals surface area contributed by atoms with Gasteiger partial charge in [0.1, 0.15) is 12.0 Å². The Bertz CT molecular complexity index is 752. The van der Waals surface area contributed by atoms with Crippen LogP contribution in [0.25, 0.3) is 0 Å². The van der Waals surface area contributed by atoms with E-state index in [-0.39, 0.29) is 11.9 Å². The largest absolute Gasteiger partial charge is 0.423 e. The van der Waals surface area contributed by atoms with E-state index >= 15 is 0 Å². The van der Waals surface area contributed by atoms with E-state index in [9.17, 15) is 9.59 Å². The molecule has 156 valence electrons. The Morgan fingerprint density at radius 3 is 2.48 bits per heavy atom. The van der Waals surface area contributed by atoms with E-state index in [1.165, 1.54) is 5.56 Å². The van der Waals surface area contributed by atoms with Crippen molar-refractivity contribution in [3.05, 3.63) is 65.2 Å². The maximum atomic E-state index is 12.7. The van der Waals surface area contributed by atoms with Gasteiger partial charge >= 0.3 is 5.97 Å². The first kappa shape index (κ1) is 22.8. The molecule has 1 unspecified atom stereocenters. The number of carbonyl (C=O) groups is 2. The Labute approximate surface area is 174 Å². The number of benzene rings is 2. The minimum absolute atomic E-state index is 0.0790. The molecule has 0 spiro atoms. The summed E-state index contributed by atoms with van der Waals surface area (Å²) in [6.07, 6.45) is 6.36. The highest BCUT2D eigenvalue weighted by Gasteiger charge is 2.19. The van der Waals surface area contributed by atoms with Crippen molar-refractivity contribution in [1.29, 1.82) is 0 Å². The van der Waals surface area contributed by atoms with E-state index in [0.717, 1.165) is 44.0 Å². The molecule has 0 saturated heterocycles. The van der Waals surface area contributed by atoms with Gasteiger partial charge in [-0.25, -0.2) is 4.79 Å². The zero-order valence-corrected chi connectivity index (χ0v) is 17.6. The van der Waals surface area contributed by atoms with Gasteiger partial charge in [0.15, 0.2) is 0 Å². The van der Waals surface area contributed by atoms with Crippen LogP contribution in [0.3, 0.4) is 0 Å². The summed E-state index contributed by atoms with van der Waals surface area (Å²) in [6, 6.07) is 15.2. The van der Waals surface area contributed by atoms with Crippen molar-refractivity contribution in [3.8, 4) is 5.75 Å². The molecule has 1 atom stereocenters. The number of aldehydes is 1. The quantitative estimate of drug-likeness (QED) is 0.188. The number of hydrogen-bond acceptors (Lipinski definition) is 4. The van der Waals surface area contributed by atoms with Gasteiger partial charge in [0.25, 0.3) is 0 Å². The molecule has 0 aliphatic heterocycles. The molecule has 0 N–H and O–H groups in total. The Balaban J connectivity index is 2.13. The fraction of sp³-hybridized carbons (Fsp3) is 0.440. The maximum Gasteiger partial charge on any atom is 0.343 e. The summed E-state index contributed by atoms with van der Waals surface area (Å²) in [5.41, 5.74) is 2.72. The predicted molar refractivity (Wildman–Crippen MR) is 116 cm³/mol. The summed E-state index contributed by atoms with van der Waals surface area (Å²) in [5, 5.41) is 0. The van der Waals surface area contributed by atoms with Crippen molar-refractivity contribution in [2.24, 2.45) is 0 Å². The van der Waals surface area contributed by atoms with E-state index in [2.05, 4.69) is 6.92 Å². The number of aryl methyl sites for hydroxylation is 1. The second kappa shape index (κ2) is 12.9. The first-order chi connectivity index (χ1) is 14.2. The summed E-state index contributed by atoms with van der Waals surface area (Å²) >= 11 is 0. The minimum atomic E-state index is -0.359. The first-order valence-electron chi connectivity index (χ1n) is 10.6. The Hall–Kier alpha value is -2.46. The fourth-order valence-corrected chi connectivity index (χ4v) is 3.29. The van der Waals surface area contributed by atoms with Crippen molar-refractivity contribution in [2.45, 2.75) is 58.3 Å². The number of hydrogen-bond donors (Lipinski definition) is 0. The van der Waals surface area contributed by atoms with E-state index in [0.29, 0.717) is 30.9 Å². The van der Waals surface area contributed by atoms with Crippen LogP contribution in [0, 0.1) is 0 Å². The van der Waals surface area contributed by atoms with Crippen LogP contribution in [0.1, 0.15) is 73.4 Å². The van der Waals surface area contributed by atoms with Crippen LogP contribution >= 0.6 is 0 Å². The van der Waals surface area contributed by atoms with Crippen LogP contribution in [0.5, 0.6) is 5.75 Å². The maximum absolute atomic E-state index is 12.7. The molecule has 0 aliphatic rings. The molecule has 0 bridgehead atoms. The van der Waals surface area contributed by atoms with E-state index in [1.807, 2.05) is 55.5 Å². The highest BCUT2D eigenvalue weighted by Crippen LogP contribution is 2.31. The molecule has 0 aliphatic carbocycles. The number of carbonyl (C=O) groups excluding carboxylic acids is 2. The van der Waals surface area contributed by atoms with Crippen LogP contribution in [0.15, 0.2) is 48.5 Å². The van der Waals surface area contributed by atoms with Gasteiger partial charge in [0.2, 0.25) is 0 Å². The van der Waals surface area contributed by atoms with Crippen molar-refractivity contribution in [3.63, 3.8) is 0 Å². The smallest absolute Gasteiger partial charge is 0.343 e. The molecule has 0 saturated carbocycles. The number of ether oxygens (including phenoxy) is 2. The van der Waals surface area contributed by atoms with Gasteiger partial charge < -0.3 is 14.3 Å². The molecule has 0 radical (unpaired) electrons. The predicted octanol–water partition coefficient (Wildman–Crippen LogP) is 5.74. The third-order valence-corrected chi connectivity index (χ3v) is 4.97. The summed E-state index contributed by atoms with van der Waals surface area (Å²) in [4.78, 5) is 23.4. The lowest BCUT2D eigenvalue weighted by Gasteiger charge is -2.20. The first-order valence-corrected chi connectivity index (χ1v) is 10.6. The zero-order chi connectivity index (χ0) is 20.9. The van der Waals surface area contributed by atoms with Crippen molar-refractivity contribution in [2.75, 3.05) is 13.2 Å². The third kappa shape index (κ3) is 7.47. The molecule has 29 heavy (non-hydrogen) atoms. The molecular formula is C25H32O4. The third-order valence-electron chi connectivity index (χ3n) is 4.97. The summed E-state index contributed by atoms with van der Waals surface area (Å²) < 4.78 is 11.4. The molecule has 2 aromatic rings. The van der Waals surface area contributed by atoms with Crippen LogP contribution in [0.2, 0.25) is 0 Å². The Kier molecular flexibility index (Phi) is 10.1. The lowest BCUT2D eigenvalue weighted by Crippen LogP contribution is -2.14. The molecule has 2 rings (SSSR count). The monoisotopic (exact) mass is 396 g/mol. The topological polar surface area (TPSA) is 52.6 Å². The molecule has 4 nitrogen and oxygen atoms in total. The number of rotatable bonds is 13.